The summed E-state index contributed by atoms with van der Waals surface area (Å²) in [5.41, 5.74) is 7.58. The Bertz CT molecular complexity index is 506. The van der Waals surface area contributed by atoms with E-state index in [1.807, 2.05) is 0 Å². The molecule has 122 valence electrons. The molecule has 4 heteroatoms. The van der Waals surface area contributed by atoms with Gasteiger partial charge in [-0.25, -0.2) is 0 Å². The number of likely N-dealkylation sites (tertiary alicyclic amines) is 1. The van der Waals surface area contributed by atoms with E-state index in [0.717, 1.165) is 24.6 Å². The van der Waals surface area contributed by atoms with Gasteiger partial charge in [0.05, 0.1) is 7.11 Å². The molecule has 1 heterocycles. The highest BCUT2D eigenvalue weighted by Gasteiger charge is 2.33. The Labute approximate surface area is 133 Å². The van der Waals surface area contributed by atoms with E-state index in [4.69, 9.17) is 15.2 Å². The van der Waals surface area contributed by atoms with Crippen LogP contribution in [0.1, 0.15) is 37.7 Å². The number of hydrogen-bond acceptors (Lipinski definition) is 4. The van der Waals surface area contributed by atoms with Crippen LogP contribution in [0.15, 0.2) is 18.2 Å². The first kappa shape index (κ1) is 15.6. The monoisotopic (exact) mass is 304 g/mol. The van der Waals surface area contributed by atoms with E-state index in [0.29, 0.717) is 6.54 Å². The molecule has 1 aromatic rings. The molecule has 0 unspecified atom stereocenters. The normalized spacial score (nSPS) is 22.1. The Morgan fingerprint density at radius 3 is 2.50 bits per heavy atom. The predicted octanol–water partition coefficient (Wildman–Crippen LogP) is 2.55. The maximum atomic E-state index is 6.15. The van der Waals surface area contributed by atoms with E-state index >= 15 is 0 Å². The molecular weight excluding hydrogens is 276 g/mol. The van der Waals surface area contributed by atoms with Crippen molar-refractivity contribution in [3.63, 3.8) is 0 Å². The summed E-state index contributed by atoms with van der Waals surface area (Å²) in [5, 5.41) is 0. The third kappa shape index (κ3) is 2.95. The van der Waals surface area contributed by atoms with Gasteiger partial charge in [-0.05, 0) is 37.6 Å². The summed E-state index contributed by atoms with van der Waals surface area (Å²) in [6.45, 7) is 2.68. The minimum Gasteiger partial charge on any atom is -0.493 e. The van der Waals surface area contributed by atoms with E-state index in [-0.39, 0.29) is 11.5 Å². The molecule has 22 heavy (non-hydrogen) atoms. The van der Waals surface area contributed by atoms with Gasteiger partial charge in [-0.2, -0.15) is 0 Å². The van der Waals surface area contributed by atoms with Crippen molar-refractivity contribution in [1.29, 1.82) is 0 Å². The number of methoxy groups -OCH3 is 1. The summed E-state index contributed by atoms with van der Waals surface area (Å²) in [4.78, 5) is 2.25. The number of likely N-dealkylation sites (N-methyl/N-ethyl adjacent to an activating group) is 1. The summed E-state index contributed by atoms with van der Waals surface area (Å²) in [5.74, 6) is 1.69. The highest BCUT2D eigenvalue weighted by Crippen LogP contribution is 2.42. The van der Waals surface area contributed by atoms with Crippen molar-refractivity contribution in [2.45, 2.75) is 43.6 Å². The van der Waals surface area contributed by atoms with Crippen LogP contribution >= 0.6 is 0 Å². The standard InChI is InChI=1S/C18H28N2O2/c1-20-11-15(12-20)22-16-7-6-14(10-17(16)21-2)18(13-19)8-4-3-5-9-18/h6-7,10,15H,3-5,8-9,11-13,19H2,1-2H3. The molecule has 0 aromatic heterocycles. The lowest BCUT2D eigenvalue weighted by molar-refractivity contribution is 0.0369. The molecule has 2 fully saturated rings. The topological polar surface area (TPSA) is 47.7 Å². The summed E-state index contributed by atoms with van der Waals surface area (Å²) < 4.78 is 11.6. The first-order chi connectivity index (χ1) is 10.7. The van der Waals surface area contributed by atoms with Gasteiger partial charge in [-0.1, -0.05) is 25.3 Å². The maximum Gasteiger partial charge on any atom is 0.161 e. The molecular formula is C18H28N2O2. The molecule has 2 N–H and O–H groups in total. The van der Waals surface area contributed by atoms with Crippen LogP contribution in [0.4, 0.5) is 0 Å². The van der Waals surface area contributed by atoms with Crippen molar-refractivity contribution in [2.24, 2.45) is 5.73 Å². The Morgan fingerprint density at radius 2 is 1.91 bits per heavy atom. The van der Waals surface area contributed by atoms with Crippen LogP contribution in [-0.4, -0.2) is 44.8 Å². The van der Waals surface area contributed by atoms with Gasteiger partial charge in [0.2, 0.25) is 0 Å². The Kier molecular flexibility index (Phi) is 4.59. The minimum absolute atomic E-state index is 0.126. The molecule has 0 amide bonds. The van der Waals surface area contributed by atoms with E-state index in [1.165, 1.54) is 37.7 Å². The average Bonchev–Trinajstić information content (AvgIpc) is 2.54. The van der Waals surface area contributed by atoms with E-state index in [9.17, 15) is 0 Å². The molecule has 1 aliphatic heterocycles. The summed E-state index contributed by atoms with van der Waals surface area (Å²) >= 11 is 0. The Balaban J connectivity index is 1.81. The Hall–Kier alpha value is -1.26. The Morgan fingerprint density at radius 1 is 1.18 bits per heavy atom. The zero-order chi connectivity index (χ0) is 15.6. The number of rotatable bonds is 5. The predicted molar refractivity (Wildman–Crippen MR) is 88.7 cm³/mol. The van der Waals surface area contributed by atoms with Crippen molar-refractivity contribution in [2.75, 3.05) is 33.8 Å². The number of benzene rings is 1. The summed E-state index contributed by atoms with van der Waals surface area (Å²) in [6, 6.07) is 6.41. The van der Waals surface area contributed by atoms with Crippen LogP contribution in [0.25, 0.3) is 0 Å². The lowest BCUT2D eigenvalue weighted by atomic mass is 9.69. The number of nitrogens with zero attached hydrogens (tertiary/aromatic N) is 1. The first-order valence-corrected chi connectivity index (χ1v) is 8.41. The fourth-order valence-electron chi connectivity index (χ4n) is 3.83. The van der Waals surface area contributed by atoms with E-state index < -0.39 is 0 Å². The second-order valence-electron chi connectivity index (χ2n) is 6.87. The summed E-state index contributed by atoms with van der Waals surface area (Å²) in [6.07, 6.45) is 6.51. The zero-order valence-corrected chi connectivity index (χ0v) is 13.8. The first-order valence-electron chi connectivity index (χ1n) is 8.41. The highest BCUT2D eigenvalue weighted by molar-refractivity contribution is 5.46. The van der Waals surface area contributed by atoms with Gasteiger partial charge in [0.25, 0.3) is 0 Å². The molecule has 1 aromatic carbocycles. The highest BCUT2D eigenvalue weighted by atomic mass is 16.5. The van der Waals surface area contributed by atoms with Crippen LogP contribution < -0.4 is 15.2 Å². The minimum atomic E-state index is 0.126. The molecule has 0 atom stereocenters. The average molecular weight is 304 g/mol. The van der Waals surface area contributed by atoms with Crippen molar-refractivity contribution in [3.8, 4) is 11.5 Å². The molecule has 1 saturated heterocycles. The van der Waals surface area contributed by atoms with Crippen LogP contribution in [0.5, 0.6) is 11.5 Å². The van der Waals surface area contributed by atoms with Crippen LogP contribution in [0.3, 0.4) is 0 Å². The number of nitrogens with two attached hydrogens (primary N) is 1. The molecule has 1 saturated carbocycles. The fourth-order valence-corrected chi connectivity index (χ4v) is 3.83. The molecule has 1 aliphatic carbocycles. The number of ether oxygens (including phenoxy) is 2. The van der Waals surface area contributed by atoms with Gasteiger partial charge in [-0.3, -0.25) is 4.90 Å². The van der Waals surface area contributed by atoms with Gasteiger partial charge < -0.3 is 15.2 Å². The largest absolute Gasteiger partial charge is 0.493 e. The van der Waals surface area contributed by atoms with Gasteiger partial charge >= 0.3 is 0 Å². The molecule has 0 bridgehead atoms. The molecule has 0 spiro atoms. The van der Waals surface area contributed by atoms with Crippen LogP contribution in [0.2, 0.25) is 0 Å². The lowest BCUT2D eigenvalue weighted by Gasteiger charge is -2.38. The van der Waals surface area contributed by atoms with E-state index in [1.54, 1.807) is 7.11 Å². The maximum absolute atomic E-state index is 6.15. The van der Waals surface area contributed by atoms with Crippen molar-refractivity contribution < 1.29 is 9.47 Å². The zero-order valence-electron chi connectivity index (χ0n) is 13.8. The molecule has 0 radical (unpaired) electrons. The summed E-state index contributed by atoms with van der Waals surface area (Å²) in [7, 11) is 3.82. The van der Waals surface area contributed by atoms with E-state index in [2.05, 4.69) is 30.1 Å². The third-order valence-corrected chi connectivity index (χ3v) is 5.30. The number of hydrogen-bond donors (Lipinski definition) is 1. The van der Waals surface area contributed by atoms with Gasteiger partial charge in [0.1, 0.15) is 6.10 Å². The van der Waals surface area contributed by atoms with Crippen LogP contribution in [0, 0.1) is 0 Å². The second kappa shape index (κ2) is 6.47. The third-order valence-electron chi connectivity index (χ3n) is 5.30. The fraction of sp³-hybridized carbons (Fsp3) is 0.667. The quantitative estimate of drug-likeness (QED) is 0.908. The molecule has 2 aliphatic rings. The van der Waals surface area contributed by atoms with Crippen molar-refractivity contribution >= 4 is 0 Å². The SMILES string of the molecule is COc1cc(C2(CN)CCCCC2)ccc1OC1CN(C)C1. The van der Waals surface area contributed by atoms with Gasteiger partial charge in [0.15, 0.2) is 11.5 Å². The molecule has 3 rings (SSSR count). The van der Waals surface area contributed by atoms with Gasteiger partial charge in [-0.15, -0.1) is 0 Å². The second-order valence-corrected chi connectivity index (χ2v) is 6.87. The van der Waals surface area contributed by atoms with Crippen molar-refractivity contribution in [1.82, 2.24) is 4.90 Å². The lowest BCUT2D eigenvalue weighted by Crippen LogP contribution is -2.51. The van der Waals surface area contributed by atoms with Crippen molar-refractivity contribution in [3.05, 3.63) is 23.8 Å². The van der Waals surface area contributed by atoms with Crippen LogP contribution in [-0.2, 0) is 5.41 Å². The smallest absolute Gasteiger partial charge is 0.161 e. The molecule has 4 nitrogen and oxygen atoms in total. The van der Waals surface area contributed by atoms with Gasteiger partial charge in [0, 0.05) is 25.0 Å².